The molecule has 84 valence electrons. The number of aliphatic hydroxyl groups excluding tert-OH is 1. The van der Waals surface area contributed by atoms with Crippen LogP contribution in [0.1, 0.15) is 19.8 Å². The number of thioether (sulfide) groups is 1. The Morgan fingerprint density at radius 2 is 2.14 bits per heavy atom. The smallest absolute Gasteiger partial charge is 0.323 e. The predicted molar refractivity (Wildman–Crippen MR) is 58.7 cm³/mol. The molecule has 0 saturated heterocycles. The van der Waals surface area contributed by atoms with Gasteiger partial charge in [0.15, 0.2) is 0 Å². The lowest BCUT2D eigenvalue weighted by atomic mass is 9.97. The maximum atomic E-state index is 10.9. The van der Waals surface area contributed by atoms with Crippen molar-refractivity contribution >= 4 is 17.7 Å². The quantitative estimate of drug-likeness (QED) is 0.522. The molecule has 5 heteroatoms. The number of carboxylic acids is 1. The standard InChI is InChI=1S/C9H19NO3S/c1-9(10-2,8(12)13)4-3-6-14-7-5-11/h10-11H,3-7H2,1-2H3,(H,12,13). The lowest BCUT2D eigenvalue weighted by Gasteiger charge is -2.23. The zero-order valence-corrected chi connectivity index (χ0v) is 9.56. The molecule has 0 heterocycles. The van der Waals surface area contributed by atoms with Crippen LogP contribution in [0.3, 0.4) is 0 Å². The minimum atomic E-state index is -0.820. The van der Waals surface area contributed by atoms with Crippen LogP contribution in [0.15, 0.2) is 0 Å². The van der Waals surface area contributed by atoms with Gasteiger partial charge in [-0.2, -0.15) is 11.8 Å². The molecule has 0 aromatic rings. The maximum absolute atomic E-state index is 10.9. The minimum absolute atomic E-state index is 0.187. The first-order chi connectivity index (χ1) is 6.56. The first kappa shape index (κ1) is 13.7. The Hall–Kier alpha value is -0.260. The molecule has 14 heavy (non-hydrogen) atoms. The van der Waals surface area contributed by atoms with Gasteiger partial charge in [0.2, 0.25) is 0 Å². The van der Waals surface area contributed by atoms with Gasteiger partial charge < -0.3 is 15.5 Å². The van der Waals surface area contributed by atoms with E-state index in [1.54, 1.807) is 25.7 Å². The second-order valence-corrected chi connectivity index (χ2v) is 4.55. The van der Waals surface area contributed by atoms with E-state index in [1.807, 2.05) is 0 Å². The topological polar surface area (TPSA) is 69.6 Å². The highest BCUT2D eigenvalue weighted by molar-refractivity contribution is 7.99. The number of carbonyl (C=O) groups is 1. The minimum Gasteiger partial charge on any atom is -0.480 e. The Labute approximate surface area is 89.1 Å². The molecule has 0 rings (SSSR count). The Kier molecular flexibility index (Phi) is 6.96. The molecule has 0 fully saturated rings. The van der Waals surface area contributed by atoms with E-state index < -0.39 is 11.5 Å². The highest BCUT2D eigenvalue weighted by Crippen LogP contribution is 2.14. The van der Waals surface area contributed by atoms with Gasteiger partial charge in [0, 0.05) is 5.75 Å². The zero-order valence-electron chi connectivity index (χ0n) is 8.75. The van der Waals surface area contributed by atoms with Crippen LogP contribution in [0.4, 0.5) is 0 Å². The average Bonchev–Trinajstić information content (AvgIpc) is 2.17. The summed E-state index contributed by atoms with van der Waals surface area (Å²) in [5, 5.41) is 20.3. The Balaban J connectivity index is 3.68. The van der Waals surface area contributed by atoms with Crippen molar-refractivity contribution in [3.8, 4) is 0 Å². The van der Waals surface area contributed by atoms with Crippen LogP contribution in [-0.4, -0.2) is 46.9 Å². The van der Waals surface area contributed by atoms with E-state index in [0.717, 1.165) is 17.9 Å². The molecule has 0 radical (unpaired) electrons. The van der Waals surface area contributed by atoms with Gasteiger partial charge in [0.05, 0.1) is 6.61 Å². The van der Waals surface area contributed by atoms with Crippen LogP contribution in [0.5, 0.6) is 0 Å². The van der Waals surface area contributed by atoms with Crippen molar-refractivity contribution in [2.45, 2.75) is 25.3 Å². The van der Waals surface area contributed by atoms with Crippen molar-refractivity contribution in [2.75, 3.05) is 25.2 Å². The van der Waals surface area contributed by atoms with Gasteiger partial charge in [-0.25, -0.2) is 0 Å². The van der Waals surface area contributed by atoms with E-state index >= 15 is 0 Å². The molecule has 0 saturated carbocycles. The average molecular weight is 221 g/mol. The number of hydrogen-bond donors (Lipinski definition) is 3. The van der Waals surface area contributed by atoms with Crippen molar-refractivity contribution in [3.05, 3.63) is 0 Å². The van der Waals surface area contributed by atoms with E-state index in [4.69, 9.17) is 10.2 Å². The summed E-state index contributed by atoms with van der Waals surface area (Å²) < 4.78 is 0. The normalized spacial score (nSPS) is 15.1. The fourth-order valence-corrected chi connectivity index (χ4v) is 1.71. The third-order valence-corrected chi connectivity index (χ3v) is 3.27. The second kappa shape index (κ2) is 7.09. The molecule has 0 aliphatic heterocycles. The van der Waals surface area contributed by atoms with Gasteiger partial charge >= 0.3 is 5.97 Å². The van der Waals surface area contributed by atoms with Crippen LogP contribution in [0.25, 0.3) is 0 Å². The lowest BCUT2D eigenvalue weighted by molar-refractivity contribution is -0.144. The Morgan fingerprint density at radius 3 is 2.57 bits per heavy atom. The monoisotopic (exact) mass is 221 g/mol. The summed E-state index contributed by atoms with van der Waals surface area (Å²) in [5.41, 5.74) is -0.820. The highest BCUT2D eigenvalue weighted by Gasteiger charge is 2.29. The fourth-order valence-electron chi connectivity index (χ4n) is 1.03. The van der Waals surface area contributed by atoms with Gasteiger partial charge in [-0.1, -0.05) is 0 Å². The number of hydrogen-bond acceptors (Lipinski definition) is 4. The van der Waals surface area contributed by atoms with Crippen molar-refractivity contribution in [2.24, 2.45) is 0 Å². The molecule has 0 aliphatic carbocycles. The van der Waals surface area contributed by atoms with E-state index in [2.05, 4.69) is 5.32 Å². The molecule has 1 unspecified atom stereocenters. The molecule has 1 atom stereocenters. The molecule has 0 bridgehead atoms. The molecular weight excluding hydrogens is 202 g/mol. The van der Waals surface area contributed by atoms with Crippen LogP contribution in [-0.2, 0) is 4.79 Å². The third kappa shape index (κ3) is 4.83. The largest absolute Gasteiger partial charge is 0.480 e. The number of aliphatic carboxylic acids is 1. The van der Waals surface area contributed by atoms with Crippen LogP contribution < -0.4 is 5.32 Å². The summed E-state index contributed by atoms with van der Waals surface area (Å²) in [6, 6.07) is 0. The van der Waals surface area contributed by atoms with E-state index in [9.17, 15) is 4.79 Å². The summed E-state index contributed by atoms with van der Waals surface area (Å²) in [5.74, 6) is 0.807. The molecule has 0 aliphatic rings. The maximum Gasteiger partial charge on any atom is 0.323 e. The molecule has 0 aromatic heterocycles. The summed E-state index contributed by atoms with van der Waals surface area (Å²) >= 11 is 1.65. The van der Waals surface area contributed by atoms with Crippen molar-refractivity contribution in [1.29, 1.82) is 0 Å². The van der Waals surface area contributed by atoms with Gasteiger partial charge in [-0.15, -0.1) is 0 Å². The van der Waals surface area contributed by atoms with Gasteiger partial charge in [0.1, 0.15) is 5.54 Å². The lowest BCUT2D eigenvalue weighted by Crippen LogP contribution is -2.47. The molecule has 0 aromatic carbocycles. The van der Waals surface area contributed by atoms with Crippen molar-refractivity contribution < 1.29 is 15.0 Å². The summed E-state index contributed by atoms with van der Waals surface area (Å²) in [6.45, 7) is 1.87. The summed E-state index contributed by atoms with van der Waals surface area (Å²) in [7, 11) is 1.66. The number of aliphatic hydroxyl groups is 1. The highest BCUT2D eigenvalue weighted by atomic mass is 32.2. The molecule has 3 N–H and O–H groups in total. The molecule has 0 spiro atoms. The predicted octanol–water partition coefficient (Wildman–Crippen LogP) is 0.555. The van der Waals surface area contributed by atoms with Gasteiger partial charge in [-0.3, -0.25) is 4.79 Å². The molecule has 0 amide bonds. The Morgan fingerprint density at radius 1 is 1.50 bits per heavy atom. The molecular formula is C9H19NO3S. The van der Waals surface area contributed by atoms with Crippen LogP contribution in [0.2, 0.25) is 0 Å². The summed E-state index contributed by atoms with van der Waals surface area (Å²) in [6.07, 6.45) is 1.45. The van der Waals surface area contributed by atoms with Gasteiger partial charge in [-0.05, 0) is 32.6 Å². The van der Waals surface area contributed by atoms with Gasteiger partial charge in [0.25, 0.3) is 0 Å². The zero-order chi connectivity index (χ0) is 11.0. The SMILES string of the molecule is CNC(C)(CCCSCCO)C(=O)O. The van der Waals surface area contributed by atoms with E-state index in [-0.39, 0.29) is 6.61 Å². The van der Waals surface area contributed by atoms with E-state index in [1.165, 1.54) is 0 Å². The number of rotatable bonds is 8. The second-order valence-electron chi connectivity index (χ2n) is 3.33. The number of likely N-dealkylation sites (N-methyl/N-ethyl adjacent to an activating group) is 1. The molecule has 4 nitrogen and oxygen atoms in total. The van der Waals surface area contributed by atoms with Crippen LogP contribution >= 0.6 is 11.8 Å². The van der Waals surface area contributed by atoms with E-state index in [0.29, 0.717) is 6.42 Å². The number of carboxylic acid groups (broad SMARTS) is 1. The summed E-state index contributed by atoms with van der Waals surface area (Å²) in [4.78, 5) is 10.9. The number of nitrogens with one attached hydrogen (secondary N) is 1. The first-order valence-corrected chi connectivity index (χ1v) is 5.83. The van der Waals surface area contributed by atoms with Crippen molar-refractivity contribution in [1.82, 2.24) is 5.32 Å². The fraction of sp³-hybridized carbons (Fsp3) is 0.889. The Bertz CT molecular complexity index is 177. The third-order valence-electron chi connectivity index (χ3n) is 2.22. The van der Waals surface area contributed by atoms with Crippen LogP contribution in [0, 0.1) is 0 Å². The first-order valence-electron chi connectivity index (χ1n) is 4.67. The van der Waals surface area contributed by atoms with Crippen molar-refractivity contribution in [3.63, 3.8) is 0 Å².